The summed E-state index contributed by atoms with van der Waals surface area (Å²) in [5.74, 6) is -1.28. The zero-order valence-corrected chi connectivity index (χ0v) is 26.5. The van der Waals surface area contributed by atoms with Crippen molar-refractivity contribution in [3.8, 4) is 17.2 Å². The number of nitrogens with two attached hydrogens (primary N) is 1. The number of phenolic OH excluding ortho intramolecular Hbond substituents is 1. The first kappa shape index (κ1) is 30.2. The van der Waals surface area contributed by atoms with E-state index in [-0.39, 0.29) is 12.2 Å². The number of aliphatic hydroxyl groups is 3. The molecular weight excluding hydrogens is 934 g/mol. The Kier molecular flexibility index (Phi) is 10.7. The van der Waals surface area contributed by atoms with E-state index in [1.165, 1.54) is 0 Å². The van der Waals surface area contributed by atoms with Crippen LogP contribution in [0, 0.1) is 14.3 Å². The maximum atomic E-state index is 12.5. The number of carboxylic acid groups (broad SMARTS) is 1. The molecule has 6 atom stereocenters. The van der Waals surface area contributed by atoms with Crippen LogP contribution >= 0.6 is 90.4 Å². The summed E-state index contributed by atoms with van der Waals surface area (Å²) < 4.78 is 18.8. The summed E-state index contributed by atoms with van der Waals surface area (Å²) in [6.45, 7) is 0. The van der Waals surface area contributed by atoms with Crippen LogP contribution in [0.5, 0.6) is 17.2 Å². The van der Waals surface area contributed by atoms with Gasteiger partial charge in [-0.2, -0.15) is 0 Å². The van der Waals surface area contributed by atoms with Gasteiger partial charge in [0.1, 0.15) is 35.9 Å². The summed E-state index contributed by atoms with van der Waals surface area (Å²) in [6, 6.07) is 5.75. The molecule has 0 aliphatic carbocycles. The molecule has 0 saturated carbocycles. The molecule has 0 unspecified atom stereocenters. The van der Waals surface area contributed by atoms with Gasteiger partial charge < -0.3 is 45.5 Å². The number of carbonyl (C=O) groups is 2. The number of rotatable bonds is 7. The molecule has 0 bridgehead atoms. The lowest BCUT2D eigenvalue weighted by molar-refractivity contribution is -0.286. The van der Waals surface area contributed by atoms with Gasteiger partial charge in [0.15, 0.2) is 11.9 Å². The first-order valence-corrected chi connectivity index (χ1v) is 14.3. The Morgan fingerprint density at radius 1 is 0.944 bits per heavy atom. The Bertz CT molecular complexity index is 1120. The van der Waals surface area contributed by atoms with Crippen molar-refractivity contribution in [3.05, 3.63) is 44.1 Å². The minimum absolute atomic E-state index is 0.0382. The minimum Gasteiger partial charge on any atom is -0.506 e. The molecule has 15 heteroatoms. The lowest BCUT2D eigenvalue weighted by atomic mass is 9.99. The predicted molar refractivity (Wildman–Crippen MR) is 158 cm³/mol. The van der Waals surface area contributed by atoms with Gasteiger partial charge in [-0.15, -0.1) is 0 Å². The molecule has 3 rings (SSSR count). The van der Waals surface area contributed by atoms with E-state index < -0.39 is 48.7 Å². The molecule has 1 aliphatic heterocycles. The molecule has 196 valence electrons. The lowest BCUT2D eigenvalue weighted by Crippen LogP contribution is -2.61. The number of halogens is 4. The second kappa shape index (κ2) is 12.7. The standard InChI is InChI=1S/C21H19I4NO10/c22-8-4-7(5-9(23)13(8)27)34-17-10(24)1-6(2-11(17)25)3-12(26)20(33)36-21-16(30)14(28)15(29)18(35-21)19(31)32/h1-2,4-5,12,14-16,18,21,27-30H,3,26H2,(H,31,32)/t12-,14-,15-,16+,18-,21-/m0/s1. The van der Waals surface area contributed by atoms with Crippen LogP contribution in [0.4, 0.5) is 0 Å². The quantitative estimate of drug-likeness (QED) is 0.176. The molecule has 1 heterocycles. The van der Waals surface area contributed by atoms with Crippen molar-refractivity contribution in [2.45, 2.75) is 43.2 Å². The van der Waals surface area contributed by atoms with Crippen molar-refractivity contribution in [2.24, 2.45) is 5.73 Å². The monoisotopic (exact) mass is 953 g/mol. The van der Waals surface area contributed by atoms with Crippen LogP contribution < -0.4 is 10.5 Å². The number of carboxylic acids is 1. The average Bonchev–Trinajstić information content (AvgIpc) is 2.79. The highest BCUT2D eigenvalue weighted by atomic mass is 127. The Balaban J connectivity index is 1.69. The van der Waals surface area contributed by atoms with Gasteiger partial charge in [0.2, 0.25) is 6.29 Å². The number of esters is 1. The Hall–Kier alpha value is -0.300. The highest BCUT2D eigenvalue weighted by Crippen LogP contribution is 2.37. The van der Waals surface area contributed by atoms with Gasteiger partial charge in [0.25, 0.3) is 0 Å². The molecule has 0 aromatic heterocycles. The fourth-order valence-corrected chi connectivity index (χ4v) is 7.06. The van der Waals surface area contributed by atoms with E-state index in [9.17, 15) is 30.0 Å². The Labute approximate surface area is 259 Å². The summed E-state index contributed by atoms with van der Waals surface area (Å²) in [7, 11) is 0. The van der Waals surface area contributed by atoms with Crippen molar-refractivity contribution >= 4 is 102 Å². The number of aliphatic hydroxyl groups excluding tert-OH is 3. The molecule has 1 fully saturated rings. The van der Waals surface area contributed by atoms with Gasteiger partial charge >= 0.3 is 11.9 Å². The summed E-state index contributed by atoms with van der Waals surface area (Å²) in [4.78, 5) is 23.7. The summed E-state index contributed by atoms with van der Waals surface area (Å²) in [6.07, 6.45) is -9.35. The third-order valence-electron chi connectivity index (χ3n) is 5.07. The highest BCUT2D eigenvalue weighted by Gasteiger charge is 2.48. The van der Waals surface area contributed by atoms with Gasteiger partial charge in [-0.05, 0) is 127 Å². The number of aliphatic carboxylic acids is 1. The Morgan fingerprint density at radius 2 is 1.50 bits per heavy atom. The van der Waals surface area contributed by atoms with Crippen molar-refractivity contribution < 1.29 is 49.3 Å². The second-order valence-corrected chi connectivity index (χ2v) is 12.4. The van der Waals surface area contributed by atoms with Crippen LogP contribution in [-0.4, -0.2) is 74.2 Å². The number of carbonyl (C=O) groups excluding carboxylic acids is 1. The van der Waals surface area contributed by atoms with Crippen molar-refractivity contribution in [3.63, 3.8) is 0 Å². The molecule has 1 saturated heterocycles. The number of ether oxygens (including phenoxy) is 3. The third-order valence-corrected chi connectivity index (χ3v) is 8.32. The average molecular weight is 953 g/mol. The smallest absolute Gasteiger partial charge is 0.335 e. The molecule has 11 nitrogen and oxygen atoms in total. The molecule has 2 aromatic rings. The fraction of sp³-hybridized carbons (Fsp3) is 0.333. The summed E-state index contributed by atoms with van der Waals surface area (Å²) >= 11 is 8.19. The van der Waals surface area contributed by atoms with E-state index in [4.69, 9.17) is 25.1 Å². The fourth-order valence-electron chi connectivity index (χ4n) is 3.24. The predicted octanol–water partition coefficient (Wildman–Crippen LogP) is 1.91. The van der Waals surface area contributed by atoms with Crippen molar-refractivity contribution in [1.82, 2.24) is 0 Å². The third kappa shape index (κ3) is 7.01. The molecule has 2 aromatic carbocycles. The van der Waals surface area contributed by atoms with Gasteiger partial charge in [0.05, 0.1) is 14.3 Å². The van der Waals surface area contributed by atoms with E-state index in [0.717, 1.165) is 7.14 Å². The number of aromatic hydroxyl groups is 1. The minimum atomic E-state index is -1.90. The first-order chi connectivity index (χ1) is 16.8. The van der Waals surface area contributed by atoms with Crippen molar-refractivity contribution in [1.29, 1.82) is 0 Å². The molecule has 1 aliphatic rings. The van der Waals surface area contributed by atoms with Crippen LogP contribution in [0.2, 0.25) is 0 Å². The topological polar surface area (TPSA) is 189 Å². The molecule has 36 heavy (non-hydrogen) atoms. The van der Waals surface area contributed by atoms with E-state index in [0.29, 0.717) is 24.2 Å². The number of hydrogen-bond acceptors (Lipinski definition) is 10. The molecule has 0 spiro atoms. The van der Waals surface area contributed by atoms with Gasteiger partial charge in [-0.1, -0.05) is 0 Å². The van der Waals surface area contributed by atoms with Crippen molar-refractivity contribution in [2.75, 3.05) is 0 Å². The largest absolute Gasteiger partial charge is 0.506 e. The summed E-state index contributed by atoms with van der Waals surface area (Å²) in [5, 5.41) is 48.7. The van der Waals surface area contributed by atoms with Crippen LogP contribution in [0.25, 0.3) is 0 Å². The SMILES string of the molecule is N[C@@H](Cc1cc(I)c(Oc2cc(I)c(O)c(I)c2)c(I)c1)C(=O)O[C@@H]1O[C@H](C(=O)O)[C@@H](O)[C@H](O)[C@H]1O. The maximum Gasteiger partial charge on any atom is 0.335 e. The van der Waals surface area contributed by atoms with E-state index >= 15 is 0 Å². The highest BCUT2D eigenvalue weighted by molar-refractivity contribution is 14.1. The molecule has 0 amide bonds. The first-order valence-electron chi connectivity index (χ1n) is 10.0. The maximum absolute atomic E-state index is 12.5. The van der Waals surface area contributed by atoms with Gasteiger partial charge in [-0.25, -0.2) is 4.79 Å². The van der Waals surface area contributed by atoms with Crippen LogP contribution in [0.15, 0.2) is 24.3 Å². The molecule has 0 radical (unpaired) electrons. The molecule has 7 N–H and O–H groups in total. The number of benzene rings is 2. The van der Waals surface area contributed by atoms with Crippen LogP contribution in [0.1, 0.15) is 5.56 Å². The van der Waals surface area contributed by atoms with Gasteiger partial charge in [0, 0.05) is 0 Å². The zero-order valence-electron chi connectivity index (χ0n) is 17.8. The van der Waals surface area contributed by atoms with Crippen LogP contribution in [0.3, 0.4) is 0 Å². The van der Waals surface area contributed by atoms with E-state index in [1.54, 1.807) is 24.3 Å². The zero-order chi connectivity index (χ0) is 26.9. The number of hydrogen-bond donors (Lipinski definition) is 6. The normalized spacial score (nSPS) is 24.7. The molecular formula is C21H19I4NO10. The van der Waals surface area contributed by atoms with E-state index in [2.05, 4.69) is 45.2 Å². The number of phenols is 1. The Morgan fingerprint density at radius 3 is 2.03 bits per heavy atom. The summed E-state index contributed by atoms with van der Waals surface area (Å²) in [5.41, 5.74) is 6.66. The van der Waals surface area contributed by atoms with Crippen LogP contribution in [-0.2, 0) is 25.5 Å². The lowest BCUT2D eigenvalue weighted by Gasteiger charge is -2.38. The van der Waals surface area contributed by atoms with E-state index in [1.807, 2.05) is 45.2 Å². The van der Waals surface area contributed by atoms with Gasteiger partial charge in [-0.3, -0.25) is 4.79 Å². The second-order valence-electron chi connectivity index (χ2n) is 7.71.